The van der Waals surface area contributed by atoms with Crippen LogP contribution in [0.4, 0.5) is 0 Å². The zero-order valence-corrected chi connectivity index (χ0v) is 27.0. The average Bonchev–Trinajstić information content (AvgIpc) is 2.91. The molecule has 0 atom stereocenters. The quantitative estimate of drug-likeness (QED) is 0.199. The van der Waals surface area contributed by atoms with Gasteiger partial charge in [-0.1, -0.05) is 15.9 Å². The van der Waals surface area contributed by atoms with Crippen molar-refractivity contribution in [3.8, 4) is 5.75 Å². The van der Waals surface area contributed by atoms with E-state index in [2.05, 4.69) is 169 Å². The van der Waals surface area contributed by atoms with E-state index in [1.54, 1.807) is 12.1 Å². The van der Waals surface area contributed by atoms with Gasteiger partial charge in [-0.2, -0.15) is 0 Å². The summed E-state index contributed by atoms with van der Waals surface area (Å²) in [6.45, 7) is 0. The molecule has 1 nitrogen and oxygen atoms in total. The van der Waals surface area contributed by atoms with Crippen molar-refractivity contribution in [2.24, 2.45) is 0 Å². The molecule has 0 aliphatic carbocycles. The third-order valence-corrected chi connectivity index (χ3v) is 23.9. The molecule has 1 N–H and O–H groups in total. The molecule has 0 aromatic heterocycles. The summed E-state index contributed by atoms with van der Waals surface area (Å²) in [4.78, 5) is 0. The van der Waals surface area contributed by atoms with Gasteiger partial charge in [0.1, 0.15) is 5.75 Å². The number of phenolic OH excluding ortho intramolecular Hbond substituents is 1. The molecule has 0 aliphatic rings. The summed E-state index contributed by atoms with van der Waals surface area (Å²) in [7, 11) is 0. The van der Waals surface area contributed by atoms with E-state index in [0.29, 0.717) is 8.95 Å². The summed E-state index contributed by atoms with van der Waals surface area (Å²) < 4.78 is 8.24. The second kappa shape index (κ2) is 12.5. The molecule has 175 valence electrons. The summed E-state index contributed by atoms with van der Waals surface area (Å²) in [5.74, 6) is 0.225. The van der Waals surface area contributed by atoms with E-state index in [1.807, 2.05) is 0 Å². The van der Waals surface area contributed by atoms with E-state index in [-0.39, 0.29) is 5.75 Å². The summed E-state index contributed by atoms with van der Waals surface area (Å²) in [6, 6.07) is 48.0. The first-order chi connectivity index (χ1) is 17.0. The van der Waals surface area contributed by atoms with Crippen molar-refractivity contribution in [3.63, 3.8) is 0 Å². The van der Waals surface area contributed by atoms with Crippen molar-refractivity contribution in [1.82, 2.24) is 0 Å². The Labute approximate surface area is 236 Å². The molecule has 35 heavy (non-hydrogen) atoms. The first kappa shape index (κ1) is 26.3. The summed E-state index contributed by atoms with van der Waals surface area (Å²) in [5, 5.41) is 9.22. The van der Waals surface area contributed by atoms with Crippen molar-refractivity contribution >= 4 is 81.1 Å². The fourth-order valence-electron chi connectivity index (χ4n) is 4.04. The van der Waals surface area contributed by atoms with Crippen molar-refractivity contribution in [2.45, 2.75) is 0 Å². The minimum absolute atomic E-state index is 0.225. The van der Waals surface area contributed by atoms with Gasteiger partial charge < -0.3 is 5.11 Å². The molecule has 0 spiro atoms. The topological polar surface area (TPSA) is 20.2 Å². The van der Waals surface area contributed by atoms with Gasteiger partial charge in [-0.25, -0.2) is 0 Å². The van der Waals surface area contributed by atoms with Crippen LogP contribution in [0.25, 0.3) is 0 Å². The van der Waals surface area contributed by atoms with Crippen LogP contribution in [0.3, 0.4) is 0 Å². The summed E-state index contributed by atoms with van der Waals surface area (Å²) in [6.07, 6.45) is 0. The molecule has 0 heterocycles. The minimum atomic E-state index is -3.38. The number of hydrogen-bond acceptors (Lipinski definition) is 1. The number of hydrogen-bond donors (Lipinski definition) is 1. The second-order valence-corrected chi connectivity index (χ2v) is 23.6. The molecule has 5 rings (SSSR count). The van der Waals surface area contributed by atoms with Crippen LogP contribution in [-0.2, 0) is 0 Å². The zero-order chi connectivity index (χ0) is 24.7. The predicted octanol–water partition coefficient (Wildman–Crippen LogP) is 6.74. The van der Waals surface area contributed by atoms with Crippen LogP contribution >= 0.6 is 47.8 Å². The molecule has 5 aromatic carbocycles. The molecular weight excluding hydrogens is 825 g/mol. The van der Waals surface area contributed by atoms with Gasteiger partial charge in [0.05, 0.1) is 8.95 Å². The first-order valence-electron chi connectivity index (χ1n) is 11.0. The van der Waals surface area contributed by atoms with Crippen molar-refractivity contribution in [2.75, 3.05) is 0 Å². The SMILES string of the molecule is Oc1c(Br)cc(Br)cc1Br.c1cc[c]([Bi]([c]2ccccc2)([c]2ccccc2)[c]2ccccc2)cc1. The standard InChI is InChI=1S/C6H3Br3O.4C6H5.Bi/c7-3-1-4(8)6(10)5(9)2-3;4*1-2-4-6-5-3-1;/h1-2,10H;4*1-5H;. The van der Waals surface area contributed by atoms with E-state index < -0.39 is 20.3 Å². The monoisotopic (exact) mass is 845 g/mol. The molecule has 0 unspecified atom stereocenters. The van der Waals surface area contributed by atoms with E-state index in [1.165, 1.54) is 13.1 Å². The Balaban J connectivity index is 0.000000243. The Morgan fingerprint density at radius 3 is 0.943 bits per heavy atom. The number of phenols is 1. The third kappa shape index (κ3) is 5.97. The molecule has 0 amide bonds. The summed E-state index contributed by atoms with van der Waals surface area (Å²) in [5.41, 5.74) is 0. The van der Waals surface area contributed by atoms with Crippen LogP contribution in [0.15, 0.2) is 147 Å². The Bertz CT molecular complexity index is 1180. The van der Waals surface area contributed by atoms with Gasteiger partial charge in [0, 0.05) is 4.47 Å². The molecule has 0 aliphatic heterocycles. The molecular formula is C30H23BiBr3O. The van der Waals surface area contributed by atoms with Crippen molar-refractivity contribution < 1.29 is 5.11 Å². The van der Waals surface area contributed by atoms with Gasteiger partial charge in [0.2, 0.25) is 0 Å². The van der Waals surface area contributed by atoms with Crippen LogP contribution in [0.1, 0.15) is 0 Å². The molecule has 1 radical (unpaired) electrons. The Morgan fingerprint density at radius 1 is 0.429 bits per heavy atom. The van der Waals surface area contributed by atoms with Crippen molar-refractivity contribution in [1.29, 1.82) is 0 Å². The van der Waals surface area contributed by atoms with Crippen LogP contribution < -0.4 is 13.1 Å². The molecule has 5 aromatic rings. The molecule has 0 fully saturated rings. The van der Waals surface area contributed by atoms with E-state index in [4.69, 9.17) is 0 Å². The number of rotatable bonds is 4. The van der Waals surface area contributed by atoms with E-state index in [9.17, 15) is 5.11 Å². The Kier molecular flexibility index (Phi) is 9.36. The normalized spacial score (nSPS) is 10.8. The summed E-state index contributed by atoms with van der Waals surface area (Å²) >= 11 is 6.27. The van der Waals surface area contributed by atoms with Crippen LogP contribution in [0.2, 0.25) is 0 Å². The maximum atomic E-state index is 9.22. The van der Waals surface area contributed by atoms with E-state index >= 15 is 0 Å². The van der Waals surface area contributed by atoms with Gasteiger partial charge >= 0.3 is 155 Å². The van der Waals surface area contributed by atoms with Crippen LogP contribution in [-0.4, -0.2) is 25.4 Å². The number of aromatic hydroxyl groups is 1. The fourth-order valence-corrected chi connectivity index (χ4v) is 22.9. The van der Waals surface area contributed by atoms with Crippen LogP contribution in [0, 0.1) is 0 Å². The van der Waals surface area contributed by atoms with Gasteiger partial charge in [-0.3, -0.25) is 0 Å². The number of halogens is 3. The molecule has 5 heteroatoms. The first-order valence-corrected chi connectivity index (χ1v) is 20.3. The Morgan fingerprint density at radius 2 is 0.686 bits per heavy atom. The number of benzene rings is 5. The predicted molar refractivity (Wildman–Crippen MR) is 161 cm³/mol. The van der Waals surface area contributed by atoms with Crippen molar-refractivity contribution in [3.05, 3.63) is 147 Å². The van der Waals surface area contributed by atoms with Gasteiger partial charge in [0.25, 0.3) is 0 Å². The zero-order valence-electron chi connectivity index (χ0n) is 18.7. The molecule has 0 bridgehead atoms. The maximum absolute atomic E-state index is 9.22. The van der Waals surface area contributed by atoms with Gasteiger partial charge in [0.15, 0.2) is 0 Å². The molecule has 0 saturated carbocycles. The second-order valence-electron chi connectivity index (χ2n) is 7.73. The fraction of sp³-hybridized carbons (Fsp3) is 0. The van der Waals surface area contributed by atoms with Gasteiger partial charge in [-0.15, -0.1) is 0 Å². The average molecular weight is 848 g/mol. The Hall–Kier alpha value is -1.78. The molecule has 0 saturated heterocycles. The van der Waals surface area contributed by atoms with Crippen LogP contribution in [0.5, 0.6) is 5.75 Å². The van der Waals surface area contributed by atoms with E-state index in [0.717, 1.165) is 4.47 Å². The van der Waals surface area contributed by atoms with Gasteiger partial charge in [-0.05, 0) is 44.0 Å². The third-order valence-electron chi connectivity index (χ3n) is 5.56.